The molecule has 0 radical (unpaired) electrons. The molecular formula is C24H33N3O4S. The molecule has 2 heterocycles. The molecule has 1 aliphatic carbocycles. The molecular weight excluding hydrogens is 426 g/mol. The summed E-state index contributed by atoms with van der Waals surface area (Å²) in [7, 11) is -3.65. The van der Waals surface area contributed by atoms with Crippen molar-refractivity contribution in [2.75, 3.05) is 13.2 Å². The van der Waals surface area contributed by atoms with Gasteiger partial charge in [-0.3, -0.25) is 4.79 Å². The highest BCUT2D eigenvalue weighted by Gasteiger charge is 2.36. The van der Waals surface area contributed by atoms with Crippen LogP contribution in [0.25, 0.3) is 0 Å². The molecule has 2 fully saturated rings. The van der Waals surface area contributed by atoms with E-state index in [1.165, 1.54) is 0 Å². The number of hydrogen-bond acceptors (Lipinski definition) is 5. The van der Waals surface area contributed by atoms with Crippen LogP contribution in [0.1, 0.15) is 62.4 Å². The zero-order chi connectivity index (χ0) is 22.9. The van der Waals surface area contributed by atoms with E-state index in [0.717, 1.165) is 49.1 Å². The lowest BCUT2D eigenvalue weighted by molar-refractivity contribution is -0.134. The molecule has 174 valence electrons. The Morgan fingerprint density at radius 1 is 1.25 bits per heavy atom. The molecule has 1 aliphatic heterocycles. The second kappa shape index (κ2) is 9.35. The van der Waals surface area contributed by atoms with Gasteiger partial charge in [-0.05, 0) is 57.6 Å². The van der Waals surface area contributed by atoms with Gasteiger partial charge in [0.25, 0.3) is 0 Å². The number of hydrogen-bond donors (Lipinski definition) is 0. The van der Waals surface area contributed by atoms with Crippen LogP contribution in [-0.2, 0) is 31.7 Å². The number of carbonyl (C=O) groups is 1. The Balaban J connectivity index is 1.61. The lowest BCUT2D eigenvalue weighted by atomic mass is 10.1. The summed E-state index contributed by atoms with van der Waals surface area (Å²) in [4.78, 5) is 19.2. The van der Waals surface area contributed by atoms with E-state index in [9.17, 15) is 13.2 Å². The number of aryl methyl sites for hydroxylation is 1. The van der Waals surface area contributed by atoms with Gasteiger partial charge < -0.3 is 14.2 Å². The van der Waals surface area contributed by atoms with Crippen molar-refractivity contribution in [1.29, 1.82) is 0 Å². The Labute approximate surface area is 190 Å². The van der Waals surface area contributed by atoms with Crippen LogP contribution in [-0.4, -0.2) is 48.0 Å². The Morgan fingerprint density at radius 2 is 2.00 bits per heavy atom. The number of amides is 1. The quantitative estimate of drug-likeness (QED) is 0.572. The Kier molecular flexibility index (Phi) is 6.72. The fourth-order valence-corrected chi connectivity index (χ4v) is 6.07. The number of nitrogens with zero attached hydrogens (tertiary/aromatic N) is 3. The lowest BCUT2D eigenvalue weighted by Crippen LogP contribution is -2.38. The molecule has 2 aromatic rings. The third kappa shape index (κ3) is 5.07. The van der Waals surface area contributed by atoms with Gasteiger partial charge in [-0.1, -0.05) is 24.3 Å². The van der Waals surface area contributed by atoms with Crippen LogP contribution in [0.4, 0.5) is 0 Å². The first-order valence-corrected chi connectivity index (χ1v) is 13.1. The van der Waals surface area contributed by atoms with Crippen LogP contribution in [0.3, 0.4) is 0 Å². The summed E-state index contributed by atoms with van der Waals surface area (Å²) in [6.07, 6.45) is 5.50. The van der Waals surface area contributed by atoms with Crippen LogP contribution in [0, 0.1) is 12.8 Å². The zero-order valence-electron chi connectivity index (χ0n) is 19.2. The molecule has 8 heteroatoms. The lowest BCUT2D eigenvalue weighted by Gasteiger charge is -2.27. The van der Waals surface area contributed by atoms with Crippen molar-refractivity contribution in [3.8, 4) is 0 Å². The van der Waals surface area contributed by atoms with Crippen LogP contribution in [0.15, 0.2) is 35.6 Å². The molecule has 7 nitrogen and oxygen atoms in total. The summed E-state index contributed by atoms with van der Waals surface area (Å²) in [5.74, 6) is 0.140. The molecule has 4 rings (SSSR count). The number of imidazole rings is 1. The molecule has 1 saturated heterocycles. The first-order valence-electron chi connectivity index (χ1n) is 11.5. The van der Waals surface area contributed by atoms with E-state index >= 15 is 0 Å². The highest BCUT2D eigenvalue weighted by molar-refractivity contribution is 7.90. The molecule has 1 aromatic carbocycles. The fourth-order valence-electron chi connectivity index (χ4n) is 4.37. The van der Waals surface area contributed by atoms with Gasteiger partial charge in [-0.25, -0.2) is 13.4 Å². The van der Waals surface area contributed by atoms with Crippen molar-refractivity contribution in [1.82, 2.24) is 14.5 Å². The highest BCUT2D eigenvalue weighted by Crippen LogP contribution is 2.32. The smallest absolute Gasteiger partial charge is 0.228 e. The van der Waals surface area contributed by atoms with Gasteiger partial charge in [0.2, 0.25) is 20.9 Å². The fraction of sp³-hybridized carbons (Fsp3) is 0.583. The van der Waals surface area contributed by atoms with E-state index in [0.29, 0.717) is 13.1 Å². The Morgan fingerprint density at radius 3 is 2.62 bits per heavy atom. The van der Waals surface area contributed by atoms with Gasteiger partial charge >= 0.3 is 0 Å². The van der Waals surface area contributed by atoms with Gasteiger partial charge in [-0.2, -0.15) is 0 Å². The second-order valence-electron chi connectivity index (χ2n) is 9.31. The van der Waals surface area contributed by atoms with Crippen molar-refractivity contribution >= 4 is 15.7 Å². The van der Waals surface area contributed by atoms with E-state index in [4.69, 9.17) is 4.74 Å². The van der Waals surface area contributed by atoms with Gasteiger partial charge in [-0.15, -0.1) is 0 Å². The molecule has 0 N–H and O–H groups in total. The normalized spacial score (nSPS) is 18.9. The minimum Gasteiger partial charge on any atom is -0.376 e. The van der Waals surface area contributed by atoms with Crippen molar-refractivity contribution in [2.24, 2.45) is 5.92 Å². The minimum atomic E-state index is -3.65. The first kappa shape index (κ1) is 23.0. The summed E-state index contributed by atoms with van der Waals surface area (Å²) < 4.78 is 34.2. The van der Waals surface area contributed by atoms with Crippen molar-refractivity contribution < 1.29 is 17.9 Å². The molecule has 1 amide bonds. The zero-order valence-corrected chi connectivity index (χ0v) is 20.0. The van der Waals surface area contributed by atoms with Gasteiger partial charge in [0.05, 0.1) is 30.3 Å². The number of benzene rings is 1. The number of rotatable bonds is 9. The minimum absolute atomic E-state index is 0.0531. The number of carbonyl (C=O) groups excluding carboxylic acids is 1. The maximum Gasteiger partial charge on any atom is 0.228 e. The van der Waals surface area contributed by atoms with E-state index in [-0.39, 0.29) is 34.9 Å². The predicted octanol–water partition coefficient (Wildman–Crippen LogP) is 3.66. The number of aromatic nitrogens is 2. The summed E-state index contributed by atoms with van der Waals surface area (Å²) in [5.41, 5.74) is 2.46. The van der Waals surface area contributed by atoms with E-state index < -0.39 is 9.84 Å². The molecule has 1 aromatic heterocycles. The van der Waals surface area contributed by atoms with E-state index in [2.05, 4.69) is 4.98 Å². The molecule has 0 unspecified atom stereocenters. The van der Waals surface area contributed by atoms with Crippen LogP contribution < -0.4 is 0 Å². The predicted molar refractivity (Wildman–Crippen MR) is 122 cm³/mol. The first-order chi connectivity index (χ1) is 15.3. The summed E-state index contributed by atoms with van der Waals surface area (Å²) >= 11 is 0. The second-order valence-corrected chi connectivity index (χ2v) is 11.2. The Hall–Kier alpha value is -2.19. The van der Waals surface area contributed by atoms with Crippen molar-refractivity contribution in [3.63, 3.8) is 0 Å². The maximum absolute atomic E-state index is 13.3. The molecule has 2 aliphatic rings. The largest absolute Gasteiger partial charge is 0.376 e. The topological polar surface area (TPSA) is 81.5 Å². The average Bonchev–Trinajstić information content (AvgIpc) is 3.28. The maximum atomic E-state index is 13.3. The highest BCUT2D eigenvalue weighted by atomic mass is 32.2. The summed E-state index contributed by atoms with van der Waals surface area (Å²) in [5, 5.41) is 0.0710. The standard InChI is InChI=1S/C24H33N3O4S/c1-17(2)27-21(14-26(23(28)19-10-11-19)15-22-9-6-12-31-22)13-25-24(27)32(29,30)16-20-8-5-4-7-18(20)3/h4-5,7-8,13,17,19,22H,6,9-12,14-16H2,1-3H3/t22-/m0/s1. The van der Waals surface area contributed by atoms with Crippen LogP contribution >= 0.6 is 0 Å². The SMILES string of the molecule is Cc1ccccc1CS(=O)(=O)c1ncc(CN(C[C@@H]2CCCO2)C(=O)C2CC2)n1C(C)C. The van der Waals surface area contributed by atoms with Crippen molar-refractivity contribution in [3.05, 3.63) is 47.3 Å². The monoisotopic (exact) mass is 459 g/mol. The molecule has 1 atom stereocenters. The number of sulfone groups is 1. The third-order valence-corrected chi connectivity index (χ3v) is 7.83. The molecule has 0 spiro atoms. The van der Waals surface area contributed by atoms with Gasteiger partial charge in [0, 0.05) is 25.1 Å². The van der Waals surface area contributed by atoms with Crippen LogP contribution in [0.5, 0.6) is 0 Å². The van der Waals surface area contributed by atoms with E-state index in [1.54, 1.807) is 10.8 Å². The molecule has 1 saturated carbocycles. The summed E-state index contributed by atoms with van der Waals surface area (Å²) in [6.45, 7) is 7.44. The van der Waals surface area contributed by atoms with Gasteiger partial charge in [0.1, 0.15) is 0 Å². The van der Waals surface area contributed by atoms with Gasteiger partial charge in [0.15, 0.2) is 0 Å². The number of ether oxygens (including phenoxy) is 1. The van der Waals surface area contributed by atoms with Crippen molar-refractivity contribution in [2.45, 2.75) is 76.1 Å². The van der Waals surface area contributed by atoms with Crippen LogP contribution in [0.2, 0.25) is 0 Å². The molecule has 0 bridgehead atoms. The molecule has 32 heavy (non-hydrogen) atoms. The summed E-state index contributed by atoms with van der Waals surface area (Å²) in [6, 6.07) is 7.41. The Bertz CT molecular complexity index is 1070. The third-order valence-electron chi connectivity index (χ3n) is 6.28. The average molecular weight is 460 g/mol. The van der Waals surface area contributed by atoms with E-state index in [1.807, 2.05) is 49.9 Å².